The monoisotopic (exact) mass is 505 g/mol. The summed E-state index contributed by atoms with van der Waals surface area (Å²) in [5.74, 6) is -0.378. The Morgan fingerprint density at radius 3 is 2.00 bits per heavy atom. The Kier molecular flexibility index (Phi) is 7.95. The van der Waals surface area contributed by atoms with E-state index in [-0.39, 0.29) is 17.2 Å². The summed E-state index contributed by atoms with van der Waals surface area (Å²) < 4.78 is 100.0. The number of hydrogen-bond donors (Lipinski definition) is 1. The Morgan fingerprint density at radius 2 is 1.34 bits per heavy atom. The van der Waals surface area contributed by atoms with Crippen LogP contribution in [0.3, 0.4) is 0 Å². The molecule has 188 valence electrons. The molecule has 12 heteroatoms. The number of aliphatic hydroxyl groups excluding tert-OH is 1. The SMILES string of the molecule is O[C@H](CN(Oc1cccc(OC(F)(F)C(F)F)c1)c1cccc(Oc2ccccc2)c1)C(F)(F)F. The number of anilines is 1. The van der Waals surface area contributed by atoms with Gasteiger partial charge in [-0.1, -0.05) is 30.3 Å². The van der Waals surface area contributed by atoms with Crippen LogP contribution >= 0.6 is 0 Å². The zero-order valence-electron chi connectivity index (χ0n) is 17.6. The first-order valence-electron chi connectivity index (χ1n) is 9.92. The highest BCUT2D eigenvalue weighted by Crippen LogP contribution is 2.32. The molecule has 3 rings (SSSR count). The number of benzene rings is 3. The summed E-state index contributed by atoms with van der Waals surface area (Å²) in [6.45, 7) is -1.11. The minimum Gasteiger partial charge on any atom is -0.457 e. The molecule has 0 radical (unpaired) electrons. The lowest BCUT2D eigenvalue weighted by Crippen LogP contribution is -2.42. The van der Waals surface area contributed by atoms with Gasteiger partial charge in [0.05, 0.1) is 12.2 Å². The van der Waals surface area contributed by atoms with Gasteiger partial charge in [0.25, 0.3) is 0 Å². The molecule has 0 spiro atoms. The lowest BCUT2D eigenvalue weighted by Gasteiger charge is -2.28. The second kappa shape index (κ2) is 10.7. The van der Waals surface area contributed by atoms with Gasteiger partial charge in [0.15, 0.2) is 11.9 Å². The quantitative estimate of drug-likeness (QED) is 0.254. The Bertz CT molecular complexity index is 1100. The fourth-order valence-corrected chi connectivity index (χ4v) is 2.71. The van der Waals surface area contributed by atoms with Crippen LogP contribution in [-0.4, -0.2) is 36.5 Å². The fraction of sp³-hybridized carbons (Fsp3) is 0.217. The molecule has 0 unspecified atom stereocenters. The zero-order chi connectivity index (χ0) is 25.6. The average molecular weight is 505 g/mol. The van der Waals surface area contributed by atoms with E-state index in [0.29, 0.717) is 10.8 Å². The Morgan fingerprint density at radius 1 is 0.743 bits per heavy atom. The number of nitrogens with zero attached hydrogens (tertiary/aromatic N) is 1. The van der Waals surface area contributed by atoms with Crippen molar-refractivity contribution in [3.8, 4) is 23.0 Å². The molecular formula is C23H18F7NO4. The molecule has 0 aliphatic carbocycles. The van der Waals surface area contributed by atoms with Gasteiger partial charge in [-0.2, -0.15) is 30.7 Å². The number of hydroxylamine groups is 1. The van der Waals surface area contributed by atoms with Crippen LogP contribution in [-0.2, 0) is 0 Å². The van der Waals surface area contributed by atoms with E-state index in [1.54, 1.807) is 30.3 Å². The molecule has 5 nitrogen and oxygen atoms in total. The van der Waals surface area contributed by atoms with Crippen molar-refractivity contribution in [2.75, 3.05) is 11.6 Å². The van der Waals surface area contributed by atoms with Crippen LogP contribution in [0.2, 0.25) is 0 Å². The Balaban J connectivity index is 1.87. The summed E-state index contributed by atoms with van der Waals surface area (Å²) >= 11 is 0. The molecule has 1 N–H and O–H groups in total. The molecular weight excluding hydrogens is 487 g/mol. The third kappa shape index (κ3) is 7.41. The molecule has 0 aromatic heterocycles. The summed E-state index contributed by atoms with van der Waals surface area (Å²) in [5, 5.41) is 10.2. The third-order valence-corrected chi connectivity index (χ3v) is 4.33. The smallest absolute Gasteiger partial charge is 0.457 e. The Labute approximate surface area is 194 Å². The number of hydrogen-bond acceptors (Lipinski definition) is 5. The molecule has 1 atom stereocenters. The summed E-state index contributed by atoms with van der Waals surface area (Å²) in [5.41, 5.74) is 0.00552. The van der Waals surface area contributed by atoms with Crippen LogP contribution in [0.25, 0.3) is 0 Å². The highest BCUT2D eigenvalue weighted by atomic mass is 19.4. The van der Waals surface area contributed by atoms with Crippen molar-refractivity contribution in [2.24, 2.45) is 0 Å². The normalized spacial score (nSPS) is 12.8. The van der Waals surface area contributed by atoms with Crippen molar-refractivity contribution in [1.82, 2.24) is 0 Å². The van der Waals surface area contributed by atoms with Crippen LogP contribution in [0.1, 0.15) is 0 Å². The number of ether oxygens (including phenoxy) is 2. The van der Waals surface area contributed by atoms with Crippen molar-refractivity contribution < 1.29 is 50.2 Å². The van der Waals surface area contributed by atoms with Crippen molar-refractivity contribution in [3.63, 3.8) is 0 Å². The molecule has 3 aromatic rings. The first kappa shape index (κ1) is 25.9. The van der Waals surface area contributed by atoms with E-state index >= 15 is 0 Å². The number of alkyl halides is 7. The van der Waals surface area contributed by atoms with E-state index in [4.69, 9.17) is 9.57 Å². The van der Waals surface area contributed by atoms with Crippen LogP contribution in [0, 0.1) is 0 Å². The van der Waals surface area contributed by atoms with Gasteiger partial charge in [0.1, 0.15) is 17.2 Å². The number of para-hydroxylation sites is 1. The number of halogens is 7. The molecule has 0 aliphatic heterocycles. The lowest BCUT2D eigenvalue weighted by atomic mass is 10.2. The summed E-state index contributed by atoms with van der Waals surface area (Å²) in [7, 11) is 0. The standard InChI is InChI=1S/C23H18F7NO4/c24-21(25)23(29,30)34-18-10-5-11-19(13-18)35-31(14-20(32)22(26,27)28)15-6-4-9-17(12-15)33-16-7-2-1-3-8-16/h1-13,20-21,32H,14H2/t20-/m1/s1. The average Bonchev–Trinajstić information content (AvgIpc) is 2.79. The van der Waals surface area contributed by atoms with E-state index in [0.717, 1.165) is 18.2 Å². The first-order valence-corrected chi connectivity index (χ1v) is 9.92. The van der Waals surface area contributed by atoms with Crippen molar-refractivity contribution in [3.05, 3.63) is 78.9 Å². The maximum Gasteiger partial charge on any atom is 0.461 e. The molecule has 0 saturated carbocycles. The van der Waals surface area contributed by atoms with Crippen LogP contribution in [0.5, 0.6) is 23.0 Å². The Hall–Kier alpha value is -3.67. The minimum atomic E-state index is -5.00. The molecule has 0 bridgehead atoms. The maximum atomic E-state index is 13.2. The van der Waals surface area contributed by atoms with Crippen LogP contribution in [0.4, 0.5) is 36.4 Å². The van der Waals surface area contributed by atoms with E-state index in [1.807, 2.05) is 0 Å². The van der Waals surface area contributed by atoms with E-state index in [1.165, 1.54) is 30.3 Å². The van der Waals surface area contributed by atoms with Gasteiger partial charge in [0, 0.05) is 12.1 Å². The molecule has 0 fully saturated rings. The highest BCUT2D eigenvalue weighted by Gasteiger charge is 2.44. The van der Waals surface area contributed by atoms with Crippen molar-refractivity contribution >= 4 is 5.69 Å². The van der Waals surface area contributed by atoms with Crippen LogP contribution in [0.15, 0.2) is 78.9 Å². The van der Waals surface area contributed by atoms with Gasteiger partial charge < -0.3 is 19.4 Å². The second-order valence-electron chi connectivity index (χ2n) is 7.06. The van der Waals surface area contributed by atoms with E-state index < -0.39 is 37.1 Å². The van der Waals surface area contributed by atoms with E-state index in [9.17, 15) is 35.8 Å². The molecule has 0 amide bonds. The summed E-state index contributed by atoms with van der Waals surface area (Å²) in [4.78, 5) is 5.39. The summed E-state index contributed by atoms with van der Waals surface area (Å²) in [6, 6.07) is 18.1. The van der Waals surface area contributed by atoms with E-state index in [2.05, 4.69) is 4.74 Å². The summed E-state index contributed by atoms with van der Waals surface area (Å²) in [6.07, 6.45) is -16.8. The predicted octanol–water partition coefficient (Wildman–Crippen LogP) is 6.44. The lowest BCUT2D eigenvalue weighted by molar-refractivity contribution is -0.253. The zero-order valence-corrected chi connectivity index (χ0v) is 17.6. The van der Waals surface area contributed by atoms with Crippen LogP contribution < -0.4 is 19.4 Å². The van der Waals surface area contributed by atoms with Gasteiger partial charge >= 0.3 is 18.7 Å². The molecule has 0 saturated heterocycles. The molecule has 3 aromatic carbocycles. The van der Waals surface area contributed by atoms with Gasteiger partial charge in [-0.05, 0) is 36.4 Å². The van der Waals surface area contributed by atoms with Gasteiger partial charge in [-0.15, -0.1) is 0 Å². The highest BCUT2D eigenvalue weighted by molar-refractivity contribution is 5.51. The second-order valence-corrected chi connectivity index (χ2v) is 7.06. The largest absolute Gasteiger partial charge is 0.461 e. The number of aliphatic hydroxyl groups is 1. The van der Waals surface area contributed by atoms with Gasteiger partial charge in [0.2, 0.25) is 0 Å². The fourth-order valence-electron chi connectivity index (χ4n) is 2.71. The third-order valence-electron chi connectivity index (χ3n) is 4.33. The minimum absolute atomic E-state index is 0.00552. The maximum absolute atomic E-state index is 13.2. The molecule has 35 heavy (non-hydrogen) atoms. The van der Waals surface area contributed by atoms with Crippen molar-refractivity contribution in [1.29, 1.82) is 0 Å². The first-order chi connectivity index (χ1) is 16.4. The molecule has 0 aliphatic rings. The predicted molar refractivity (Wildman–Crippen MR) is 111 cm³/mol. The number of rotatable bonds is 10. The van der Waals surface area contributed by atoms with Gasteiger partial charge in [-0.3, -0.25) is 0 Å². The van der Waals surface area contributed by atoms with Crippen molar-refractivity contribution in [2.45, 2.75) is 24.8 Å². The molecule has 0 heterocycles. The van der Waals surface area contributed by atoms with Gasteiger partial charge in [-0.25, -0.2) is 5.06 Å². The topological polar surface area (TPSA) is 51.2 Å².